The van der Waals surface area contributed by atoms with E-state index in [1.165, 1.54) is 18.2 Å². The van der Waals surface area contributed by atoms with Crippen LogP contribution in [-0.2, 0) is 11.3 Å². The monoisotopic (exact) mass is 489 g/mol. The largest absolute Gasteiger partial charge is 0.497 e. The number of urea groups is 1. The predicted octanol–water partition coefficient (Wildman–Crippen LogP) is 2.26. The van der Waals surface area contributed by atoms with Crippen LogP contribution in [0.4, 0.5) is 4.79 Å². The van der Waals surface area contributed by atoms with Gasteiger partial charge in [0.2, 0.25) is 5.54 Å². The van der Waals surface area contributed by atoms with Crippen molar-refractivity contribution >= 4 is 36.7 Å². The number of nitrogens with zero attached hydrogens (tertiary/aromatic N) is 2. The molecule has 0 spiro atoms. The number of methoxy groups -OCH3 is 1. The Labute approximate surface area is 207 Å². The number of allylic oxidation sites excluding steroid dienone is 1. The van der Waals surface area contributed by atoms with Gasteiger partial charge in [-0.05, 0) is 35.5 Å². The van der Waals surface area contributed by atoms with E-state index < -0.39 is 22.7 Å². The summed E-state index contributed by atoms with van der Waals surface area (Å²) < 4.78 is 5.22. The van der Waals surface area contributed by atoms with Crippen molar-refractivity contribution in [2.45, 2.75) is 23.8 Å². The van der Waals surface area contributed by atoms with E-state index in [2.05, 4.69) is 40.1 Å². The first-order valence-electron chi connectivity index (χ1n) is 10.8. The molecular formula is C25H23N5O4S. The van der Waals surface area contributed by atoms with Gasteiger partial charge in [0.05, 0.1) is 18.9 Å². The number of carbonyl (C=O) groups excluding carboxylic acids is 3. The van der Waals surface area contributed by atoms with Gasteiger partial charge >= 0.3 is 6.03 Å². The van der Waals surface area contributed by atoms with Gasteiger partial charge in [0.15, 0.2) is 0 Å². The normalized spacial score (nSPS) is 19.9. The number of benzene rings is 1. The summed E-state index contributed by atoms with van der Waals surface area (Å²) in [4.78, 5) is 43.7. The average molecular weight is 490 g/mol. The molecule has 3 heterocycles. The molecule has 1 aromatic heterocycles. The summed E-state index contributed by atoms with van der Waals surface area (Å²) >= 11 is 4.66. The Bertz CT molecular complexity index is 1280. The summed E-state index contributed by atoms with van der Waals surface area (Å²) in [6, 6.07) is 8.16. The van der Waals surface area contributed by atoms with Gasteiger partial charge in [0, 0.05) is 36.5 Å². The molecule has 35 heavy (non-hydrogen) atoms. The fraction of sp³-hybridized carbons (Fsp3) is 0.240. The van der Waals surface area contributed by atoms with Crippen LogP contribution in [0.25, 0.3) is 0 Å². The third-order valence-corrected chi connectivity index (χ3v) is 6.31. The molecular weight excluding hydrogens is 466 g/mol. The van der Waals surface area contributed by atoms with Gasteiger partial charge in [-0.3, -0.25) is 19.9 Å². The third-order valence-electron chi connectivity index (χ3n) is 5.74. The molecule has 3 N–H and O–H groups in total. The topological polar surface area (TPSA) is 124 Å². The van der Waals surface area contributed by atoms with Gasteiger partial charge in [0.25, 0.3) is 11.8 Å². The van der Waals surface area contributed by atoms with E-state index in [0.717, 1.165) is 11.1 Å². The van der Waals surface area contributed by atoms with Crippen molar-refractivity contribution in [3.63, 3.8) is 0 Å². The van der Waals surface area contributed by atoms with Crippen LogP contribution < -0.4 is 15.4 Å². The highest BCUT2D eigenvalue weighted by Gasteiger charge is 2.48. The van der Waals surface area contributed by atoms with Crippen molar-refractivity contribution in [1.82, 2.24) is 20.5 Å². The summed E-state index contributed by atoms with van der Waals surface area (Å²) in [5, 5.41) is 11.7. The van der Waals surface area contributed by atoms with E-state index in [1.807, 2.05) is 6.07 Å². The second kappa shape index (κ2) is 10.0. The number of pyridine rings is 1. The molecule has 9 nitrogen and oxygen atoms in total. The fourth-order valence-electron chi connectivity index (χ4n) is 3.92. The fourth-order valence-corrected chi connectivity index (χ4v) is 4.25. The van der Waals surface area contributed by atoms with Crippen molar-refractivity contribution in [1.29, 1.82) is 5.41 Å². The lowest BCUT2D eigenvalue weighted by atomic mass is 9.97. The number of fused-ring (bicyclic) bond motifs is 1. The third kappa shape index (κ3) is 4.90. The molecule has 2 unspecified atom stereocenters. The van der Waals surface area contributed by atoms with Gasteiger partial charge in [0.1, 0.15) is 5.75 Å². The standard InChI is InChI=1S/C25H23N5O4S/c1-34-19-7-6-18-14-30(22(31)20(18)12-19)15-25(23(32)28-24(33)29-25)9-8-16(4-2-10-26)21(35)17-5-3-11-27-13-17/h3-7,10-13,21,26,35H,2,14-15H2,1H3,(H2,28,29,32,33)/b16-4-,26-10?. The zero-order valence-corrected chi connectivity index (χ0v) is 19.8. The quantitative estimate of drug-likeness (QED) is 0.206. The number of carbonyl (C=O) groups is 3. The molecule has 1 saturated heterocycles. The molecule has 10 heteroatoms. The van der Waals surface area contributed by atoms with Crippen LogP contribution in [-0.4, -0.2) is 53.1 Å². The number of aromatic nitrogens is 1. The molecule has 4 amide bonds. The van der Waals surface area contributed by atoms with E-state index in [0.29, 0.717) is 23.3 Å². The number of hydrogen-bond acceptors (Lipinski definition) is 7. The lowest BCUT2D eigenvalue weighted by Crippen LogP contribution is -2.54. The summed E-state index contributed by atoms with van der Waals surface area (Å²) in [7, 11) is 1.52. The second-order valence-corrected chi connectivity index (χ2v) is 8.55. The van der Waals surface area contributed by atoms with Crippen LogP contribution in [0.2, 0.25) is 0 Å². The van der Waals surface area contributed by atoms with Crippen LogP contribution in [0.5, 0.6) is 5.75 Å². The first-order chi connectivity index (χ1) is 16.9. The Hall–Kier alpha value is -4.10. The Kier molecular flexibility index (Phi) is 6.89. The predicted molar refractivity (Wildman–Crippen MR) is 132 cm³/mol. The number of rotatable bonds is 7. The van der Waals surface area contributed by atoms with E-state index in [-0.39, 0.29) is 19.0 Å². The summed E-state index contributed by atoms with van der Waals surface area (Å²) in [5.74, 6) is 5.52. The maximum absolute atomic E-state index is 13.1. The van der Waals surface area contributed by atoms with Crippen LogP contribution in [0.15, 0.2) is 54.4 Å². The zero-order valence-electron chi connectivity index (χ0n) is 18.9. The average Bonchev–Trinajstić information content (AvgIpc) is 3.33. The maximum atomic E-state index is 13.1. The molecule has 2 aliphatic heterocycles. The SMILES string of the molecule is COc1ccc2c(c1)C(=O)N(CC1(C#C/C(=C/CC=N)C(S)c3cccnc3)NC(=O)NC1=O)C2. The van der Waals surface area contributed by atoms with Gasteiger partial charge in [-0.2, -0.15) is 12.6 Å². The maximum Gasteiger partial charge on any atom is 0.323 e. The minimum atomic E-state index is -1.65. The Morgan fingerprint density at radius 3 is 2.86 bits per heavy atom. The first kappa shape index (κ1) is 24.0. The number of amides is 4. The molecule has 1 aromatic carbocycles. The van der Waals surface area contributed by atoms with E-state index in [1.54, 1.807) is 42.7 Å². The minimum Gasteiger partial charge on any atom is -0.497 e. The number of hydrogen-bond donors (Lipinski definition) is 4. The van der Waals surface area contributed by atoms with Gasteiger partial charge in [-0.1, -0.05) is 30.0 Å². The number of thiol groups is 1. The van der Waals surface area contributed by atoms with Crippen LogP contribution >= 0.6 is 12.6 Å². The molecule has 2 atom stereocenters. The van der Waals surface area contributed by atoms with Crippen molar-refractivity contribution in [2.75, 3.05) is 13.7 Å². The Morgan fingerprint density at radius 2 is 2.20 bits per heavy atom. The number of ether oxygens (including phenoxy) is 1. The van der Waals surface area contributed by atoms with E-state index in [9.17, 15) is 14.4 Å². The van der Waals surface area contributed by atoms with Crippen molar-refractivity contribution < 1.29 is 19.1 Å². The van der Waals surface area contributed by atoms with Crippen LogP contribution in [0.3, 0.4) is 0 Å². The lowest BCUT2D eigenvalue weighted by Gasteiger charge is -2.26. The molecule has 0 radical (unpaired) electrons. The molecule has 0 aliphatic carbocycles. The molecule has 2 aromatic rings. The van der Waals surface area contributed by atoms with Gasteiger partial charge < -0.3 is 20.4 Å². The van der Waals surface area contributed by atoms with Gasteiger partial charge in [-0.25, -0.2) is 4.79 Å². The molecule has 0 saturated carbocycles. The minimum absolute atomic E-state index is 0.143. The molecule has 4 rings (SSSR count). The van der Waals surface area contributed by atoms with Crippen molar-refractivity contribution in [3.05, 3.63) is 71.1 Å². The van der Waals surface area contributed by atoms with E-state index >= 15 is 0 Å². The summed E-state index contributed by atoms with van der Waals surface area (Å²) in [6.45, 7) is 0.126. The Morgan fingerprint density at radius 1 is 1.37 bits per heavy atom. The highest BCUT2D eigenvalue weighted by atomic mass is 32.1. The summed E-state index contributed by atoms with van der Waals surface area (Å²) in [5.41, 5.74) is 0.955. The zero-order chi connectivity index (χ0) is 25.0. The van der Waals surface area contributed by atoms with Crippen LogP contribution in [0, 0.1) is 17.3 Å². The first-order valence-corrected chi connectivity index (χ1v) is 11.3. The molecule has 1 fully saturated rings. The highest BCUT2D eigenvalue weighted by molar-refractivity contribution is 7.80. The van der Waals surface area contributed by atoms with Crippen LogP contribution in [0.1, 0.15) is 33.2 Å². The number of nitrogens with one attached hydrogen (secondary N) is 3. The van der Waals surface area contributed by atoms with E-state index in [4.69, 9.17) is 10.1 Å². The smallest absolute Gasteiger partial charge is 0.323 e. The highest BCUT2D eigenvalue weighted by Crippen LogP contribution is 2.30. The molecule has 178 valence electrons. The summed E-state index contributed by atoms with van der Waals surface area (Å²) in [6.07, 6.45) is 6.57. The molecule has 2 aliphatic rings. The number of imide groups is 1. The van der Waals surface area contributed by atoms with Gasteiger partial charge in [-0.15, -0.1) is 0 Å². The van der Waals surface area contributed by atoms with Crippen molar-refractivity contribution in [3.8, 4) is 17.6 Å². The van der Waals surface area contributed by atoms with Crippen molar-refractivity contribution in [2.24, 2.45) is 0 Å². The Balaban J connectivity index is 1.66. The molecule has 0 bridgehead atoms. The lowest BCUT2D eigenvalue weighted by molar-refractivity contribution is -0.122. The second-order valence-electron chi connectivity index (χ2n) is 8.04.